The van der Waals surface area contributed by atoms with Crippen molar-refractivity contribution in [2.75, 3.05) is 6.54 Å². The van der Waals surface area contributed by atoms with Crippen molar-refractivity contribution in [1.82, 2.24) is 5.32 Å². The van der Waals surface area contributed by atoms with Crippen LogP contribution >= 0.6 is 27.5 Å². The van der Waals surface area contributed by atoms with Crippen LogP contribution in [0.5, 0.6) is 0 Å². The molecule has 0 bridgehead atoms. The number of hydrogen-bond donors (Lipinski definition) is 1. The molecule has 0 fully saturated rings. The Morgan fingerprint density at radius 3 is 2.78 bits per heavy atom. The standard InChI is InChI=1S/C15H13BrClN/c16-11-5-6-12-10(9-11)7-8-18-15(12)13-3-1-2-4-14(13)17/h1-6,9,15,18H,7-8H2. The van der Waals surface area contributed by atoms with E-state index in [9.17, 15) is 0 Å². The maximum Gasteiger partial charge on any atom is 0.0594 e. The van der Waals surface area contributed by atoms with Crippen LogP contribution in [-0.4, -0.2) is 6.54 Å². The molecule has 1 atom stereocenters. The molecule has 2 aromatic carbocycles. The van der Waals surface area contributed by atoms with Gasteiger partial charge in [0.2, 0.25) is 0 Å². The Kier molecular flexibility index (Phi) is 3.42. The van der Waals surface area contributed by atoms with E-state index in [1.54, 1.807) is 0 Å². The largest absolute Gasteiger partial charge is 0.306 e. The zero-order valence-corrected chi connectivity index (χ0v) is 12.1. The van der Waals surface area contributed by atoms with Crippen LogP contribution in [-0.2, 0) is 6.42 Å². The Morgan fingerprint density at radius 1 is 1.11 bits per heavy atom. The summed E-state index contributed by atoms with van der Waals surface area (Å²) in [5.74, 6) is 0. The Morgan fingerprint density at radius 2 is 1.94 bits per heavy atom. The van der Waals surface area contributed by atoms with Gasteiger partial charge in [-0.1, -0.05) is 51.8 Å². The molecule has 3 rings (SSSR count). The van der Waals surface area contributed by atoms with Gasteiger partial charge in [0.05, 0.1) is 6.04 Å². The Balaban J connectivity index is 2.09. The van der Waals surface area contributed by atoms with Gasteiger partial charge in [0.15, 0.2) is 0 Å². The van der Waals surface area contributed by atoms with E-state index in [1.165, 1.54) is 11.1 Å². The molecule has 1 heterocycles. The molecule has 0 aromatic heterocycles. The summed E-state index contributed by atoms with van der Waals surface area (Å²) in [6.07, 6.45) is 1.07. The third-order valence-electron chi connectivity index (χ3n) is 3.38. The highest BCUT2D eigenvalue weighted by Crippen LogP contribution is 2.33. The molecule has 1 aliphatic rings. The lowest BCUT2D eigenvalue weighted by atomic mass is 9.90. The van der Waals surface area contributed by atoms with Crippen LogP contribution in [0.4, 0.5) is 0 Å². The van der Waals surface area contributed by atoms with Gasteiger partial charge in [-0.25, -0.2) is 0 Å². The normalized spacial score (nSPS) is 18.4. The van der Waals surface area contributed by atoms with E-state index in [4.69, 9.17) is 11.6 Å². The lowest BCUT2D eigenvalue weighted by molar-refractivity contribution is 0.568. The fourth-order valence-corrected chi connectivity index (χ4v) is 3.17. The molecule has 0 spiro atoms. The van der Waals surface area contributed by atoms with E-state index in [0.717, 1.165) is 28.0 Å². The van der Waals surface area contributed by atoms with Crippen LogP contribution in [0.3, 0.4) is 0 Å². The predicted molar refractivity (Wildman–Crippen MR) is 79.1 cm³/mol. The van der Waals surface area contributed by atoms with Gasteiger partial charge in [0.1, 0.15) is 0 Å². The van der Waals surface area contributed by atoms with Crippen LogP contribution < -0.4 is 5.32 Å². The summed E-state index contributed by atoms with van der Waals surface area (Å²) in [6.45, 7) is 0.985. The van der Waals surface area contributed by atoms with Crippen LogP contribution in [0.2, 0.25) is 5.02 Å². The van der Waals surface area contributed by atoms with Gasteiger partial charge in [-0.15, -0.1) is 0 Å². The van der Waals surface area contributed by atoms with Crippen LogP contribution in [0, 0.1) is 0 Å². The number of benzene rings is 2. The molecular formula is C15H13BrClN. The molecule has 3 heteroatoms. The second kappa shape index (κ2) is 5.04. The molecule has 1 N–H and O–H groups in total. The summed E-state index contributed by atoms with van der Waals surface area (Å²) < 4.78 is 1.14. The quantitative estimate of drug-likeness (QED) is 0.823. The molecule has 1 aliphatic heterocycles. The molecule has 0 aliphatic carbocycles. The third-order valence-corrected chi connectivity index (χ3v) is 4.21. The van der Waals surface area contributed by atoms with Crippen LogP contribution in [0.25, 0.3) is 0 Å². The molecule has 1 nitrogen and oxygen atoms in total. The van der Waals surface area contributed by atoms with Gasteiger partial charge in [0, 0.05) is 16.0 Å². The van der Waals surface area contributed by atoms with E-state index >= 15 is 0 Å². The van der Waals surface area contributed by atoms with E-state index in [2.05, 4.69) is 45.5 Å². The van der Waals surface area contributed by atoms with Crippen molar-refractivity contribution in [3.8, 4) is 0 Å². The molecule has 0 amide bonds. The van der Waals surface area contributed by atoms with Gasteiger partial charge in [-0.3, -0.25) is 0 Å². The van der Waals surface area contributed by atoms with Crippen molar-refractivity contribution in [1.29, 1.82) is 0 Å². The Hall–Kier alpha value is -0.830. The number of halogens is 2. The summed E-state index contributed by atoms with van der Waals surface area (Å²) in [5, 5.41) is 4.38. The van der Waals surface area contributed by atoms with Crippen molar-refractivity contribution in [3.05, 3.63) is 68.7 Å². The summed E-state index contributed by atoms with van der Waals surface area (Å²) in [7, 11) is 0. The van der Waals surface area contributed by atoms with E-state index in [0.29, 0.717) is 0 Å². The first-order valence-electron chi connectivity index (χ1n) is 6.02. The second-order valence-electron chi connectivity index (χ2n) is 4.50. The third kappa shape index (κ3) is 2.20. The van der Waals surface area contributed by atoms with Gasteiger partial charge >= 0.3 is 0 Å². The molecule has 2 aromatic rings. The fourth-order valence-electron chi connectivity index (χ4n) is 2.52. The van der Waals surface area contributed by atoms with Gasteiger partial charge in [0.25, 0.3) is 0 Å². The summed E-state index contributed by atoms with van der Waals surface area (Å²) in [6, 6.07) is 14.7. The molecule has 0 radical (unpaired) electrons. The average molecular weight is 323 g/mol. The van der Waals surface area contributed by atoms with E-state index in [-0.39, 0.29) is 6.04 Å². The van der Waals surface area contributed by atoms with Crippen molar-refractivity contribution in [3.63, 3.8) is 0 Å². The van der Waals surface area contributed by atoms with Crippen molar-refractivity contribution in [2.24, 2.45) is 0 Å². The highest BCUT2D eigenvalue weighted by Gasteiger charge is 2.22. The first kappa shape index (κ1) is 12.2. The maximum absolute atomic E-state index is 6.31. The Bertz CT molecular complexity index is 582. The van der Waals surface area contributed by atoms with Crippen molar-refractivity contribution < 1.29 is 0 Å². The number of rotatable bonds is 1. The lowest BCUT2D eigenvalue weighted by Gasteiger charge is -2.28. The molecular weight excluding hydrogens is 310 g/mol. The summed E-state index contributed by atoms with van der Waals surface area (Å²) in [4.78, 5) is 0. The van der Waals surface area contributed by atoms with E-state index in [1.807, 2.05) is 18.2 Å². The highest BCUT2D eigenvalue weighted by molar-refractivity contribution is 9.10. The number of fused-ring (bicyclic) bond motifs is 1. The van der Waals surface area contributed by atoms with Crippen molar-refractivity contribution >= 4 is 27.5 Å². The zero-order chi connectivity index (χ0) is 12.5. The van der Waals surface area contributed by atoms with Crippen LogP contribution in [0.1, 0.15) is 22.7 Å². The number of nitrogens with one attached hydrogen (secondary N) is 1. The maximum atomic E-state index is 6.31. The van der Waals surface area contributed by atoms with Gasteiger partial charge < -0.3 is 5.32 Å². The minimum absolute atomic E-state index is 0.204. The monoisotopic (exact) mass is 321 g/mol. The minimum atomic E-state index is 0.204. The second-order valence-corrected chi connectivity index (χ2v) is 5.82. The molecule has 0 saturated carbocycles. The topological polar surface area (TPSA) is 12.0 Å². The molecule has 92 valence electrons. The highest BCUT2D eigenvalue weighted by atomic mass is 79.9. The first-order chi connectivity index (χ1) is 8.75. The lowest BCUT2D eigenvalue weighted by Crippen LogP contribution is -2.30. The smallest absolute Gasteiger partial charge is 0.0594 e. The summed E-state index contributed by atoms with van der Waals surface area (Å²) in [5.41, 5.74) is 3.88. The van der Waals surface area contributed by atoms with Gasteiger partial charge in [-0.05, 0) is 41.3 Å². The number of hydrogen-bond acceptors (Lipinski definition) is 1. The SMILES string of the molecule is Clc1ccccc1C1NCCc2cc(Br)ccc21. The van der Waals surface area contributed by atoms with Crippen molar-refractivity contribution in [2.45, 2.75) is 12.5 Å². The fraction of sp³-hybridized carbons (Fsp3) is 0.200. The molecule has 0 saturated heterocycles. The first-order valence-corrected chi connectivity index (χ1v) is 7.19. The zero-order valence-electron chi connectivity index (χ0n) is 9.79. The van der Waals surface area contributed by atoms with Crippen LogP contribution in [0.15, 0.2) is 46.9 Å². The average Bonchev–Trinajstić information content (AvgIpc) is 2.38. The van der Waals surface area contributed by atoms with Gasteiger partial charge in [-0.2, -0.15) is 0 Å². The van der Waals surface area contributed by atoms with E-state index < -0.39 is 0 Å². The molecule has 1 unspecified atom stereocenters. The minimum Gasteiger partial charge on any atom is -0.306 e. The summed E-state index contributed by atoms with van der Waals surface area (Å²) >= 11 is 9.84. The molecule has 18 heavy (non-hydrogen) atoms. The predicted octanol–water partition coefficient (Wildman–Crippen LogP) is 4.34. The Labute approximate surface area is 120 Å².